The van der Waals surface area contributed by atoms with E-state index in [0.717, 1.165) is 44.7 Å². The van der Waals surface area contributed by atoms with Gasteiger partial charge in [0.05, 0.1) is 18.7 Å². The third kappa shape index (κ3) is 1.96. The highest BCUT2D eigenvalue weighted by atomic mass is 16.7. The second-order valence-corrected chi connectivity index (χ2v) is 5.44. The molecule has 4 rings (SSSR count). The van der Waals surface area contributed by atoms with Gasteiger partial charge in [-0.3, -0.25) is 4.98 Å². The fourth-order valence-electron chi connectivity index (χ4n) is 3.24. The molecule has 2 aromatic rings. The Morgan fingerprint density at radius 1 is 1.00 bits per heavy atom. The first-order chi connectivity index (χ1) is 9.86. The average molecular weight is 270 g/mol. The molecule has 0 bridgehead atoms. The van der Waals surface area contributed by atoms with E-state index in [4.69, 9.17) is 9.47 Å². The van der Waals surface area contributed by atoms with Crippen LogP contribution < -0.4 is 4.90 Å². The summed E-state index contributed by atoms with van der Waals surface area (Å²) in [5.41, 5.74) is 2.32. The number of fused-ring (bicyclic) bond motifs is 1. The molecule has 2 aliphatic rings. The van der Waals surface area contributed by atoms with Gasteiger partial charge in [-0.15, -0.1) is 0 Å². The van der Waals surface area contributed by atoms with E-state index in [9.17, 15) is 0 Å². The van der Waals surface area contributed by atoms with E-state index in [1.165, 1.54) is 11.1 Å². The van der Waals surface area contributed by atoms with Crippen LogP contribution in [0.15, 0.2) is 36.5 Å². The van der Waals surface area contributed by atoms with Crippen molar-refractivity contribution in [1.29, 1.82) is 0 Å². The van der Waals surface area contributed by atoms with Crippen LogP contribution in [0.4, 0.5) is 5.69 Å². The number of ether oxygens (including phenoxy) is 2. The lowest BCUT2D eigenvalue weighted by Gasteiger charge is -2.39. The smallest absolute Gasteiger partial charge is 0.171 e. The highest BCUT2D eigenvalue weighted by Crippen LogP contribution is 2.35. The fraction of sp³-hybridized carbons (Fsp3) is 0.438. The van der Waals surface area contributed by atoms with Crippen molar-refractivity contribution in [3.05, 3.63) is 36.5 Å². The van der Waals surface area contributed by atoms with E-state index in [2.05, 4.69) is 34.1 Å². The molecule has 3 heterocycles. The summed E-state index contributed by atoms with van der Waals surface area (Å²) in [6, 6.07) is 10.5. The second kappa shape index (κ2) is 4.72. The minimum absolute atomic E-state index is 0.306. The van der Waals surface area contributed by atoms with Crippen LogP contribution in [-0.4, -0.2) is 37.1 Å². The van der Waals surface area contributed by atoms with Crippen LogP contribution in [0.5, 0.6) is 0 Å². The van der Waals surface area contributed by atoms with Crippen molar-refractivity contribution in [3.8, 4) is 0 Å². The Hall–Kier alpha value is -1.65. The maximum absolute atomic E-state index is 5.79. The van der Waals surface area contributed by atoms with Gasteiger partial charge < -0.3 is 14.4 Å². The van der Waals surface area contributed by atoms with Crippen molar-refractivity contribution >= 4 is 16.6 Å². The molecule has 0 N–H and O–H groups in total. The molecular formula is C16H18N2O2. The van der Waals surface area contributed by atoms with Crippen molar-refractivity contribution in [2.45, 2.75) is 18.6 Å². The first kappa shape index (κ1) is 12.1. The quantitative estimate of drug-likeness (QED) is 0.797. The summed E-state index contributed by atoms with van der Waals surface area (Å²) in [7, 11) is 0. The molecule has 2 fully saturated rings. The summed E-state index contributed by atoms with van der Waals surface area (Å²) >= 11 is 0. The number of hydrogen-bond donors (Lipinski definition) is 0. The van der Waals surface area contributed by atoms with Crippen molar-refractivity contribution in [3.63, 3.8) is 0 Å². The minimum Gasteiger partial charge on any atom is -0.371 e. The molecule has 20 heavy (non-hydrogen) atoms. The van der Waals surface area contributed by atoms with Gasteiger partial charge in [-0.2, -0.15) is 0 Å². The van der Waals surface area contributed by atoms with Crippen molar-refractivity contribution < 1.29 is 9.47 Å². The van der Waals surface area contributed by atoms with E-state index in [-0.39, 0.29) is 5.79 Å². The van der Waals surface area contributed by atoms with Gasteiger partial charge in [-0.05, 0) is 24.3 Å². The number of hydrogen-bond acceptors (Lipinski definition) is 4. The van der Waals surface area contributed by atoms with E-state index in [0.29, 0.717) is 0 Å². The molecule has 2 saturated heterocycles. The van der Waals surface area contributed by atoms with Crippen LogP contribution in [-0.2, 0) is 9.47 Å². The molecule has 4 heteroatoms. The van der Waals surface area contributed by atoms with E-state index < -0.39 is 0 Å². The first-order valence-corrected chi connectivity index (χ1v) is 7.23. The maximum Gasteiger partial charge on any atom is 0.171 e. The third-order valence-corrected chi connectivity index (χ3v) is 4.30. The average Bonchev–Trinajstić information content (AvgIpc) is 2.96. The molecule has 0 unspecified atom stereocenters. The topological polar surface area (TPSA) is 34.6 Å². The number of pyridine rings is 1. The largest absolute Gasteiger partial charge is 0.371 e. The van der Waals surface area contributed by atoms with Gasteiger partial charge >= 0.3 is 0 Å². The SMILES string of the molecule is c1cc(N2CCC3(CC2)OCCO3)c2cccnc2c1. The Kier molecular flexibility index (Phi) is 2.86. The predicted molar refractivity (Wildman–Crippen MR) is 77.8 cm³/mol. The van der Waals surface area contributed by atoms with Crippen LogP contribution in [0.25, 0.3) is 10.9 Å². The Bertz CT molecular complexity index is 607. The van der Waals surface area contributed by atoms with E-state index in [1.807, 2.05) is 12.3 Å². The molecule has 1 aromatic heterocycles. The number of aromatic nitrogens is 1. The molecule has 2 aliphatic heterocycles. The second-order valence-electron chi connectivity index (χ2n) is 5.44. The van der Waals surface area contributed by atoms with Gasteiger partial charge in [-0.1, -0.05) is 6.07 Å². The Labute approximate surface area is 118 Å². The lowest BCUT2D eigenvalue weighted by Crippen LogP contribution is -2.45. The van der Waals surface area contributed by atoms with Gasteiger partial charge in [-0.25, -0.2) is 0 Å². The summed E-state index contributed by atoms with van der Waals surface area (Å²) in [6.07, 6.45) is 3.71. The fourth-order valence-corrected chi connectivity index (χ4v) is 3.24. The Morgan fingerprint density at radius 3 is 2.60 bits per heavy atom. The van der Waals surface area contributed by atoms with Crippen LogP contribution >= 0.6 is 0 Å². The van der Waals surface area contributed by atoms with E-state index >= 15 is 0 Å². The number of benzene rings is 1. The monoisotopic (exact) mass is 270 g/mol. The highest BCUT2D eigenvalue weighted by Gasteiger charge is 2.39. The molecule has 0 atom stereocenters. The number of nitrogens with zero attached hydrogens (tertiary/aromatic N) is 2. The zero-order valence-electron chi connectivity index (χ0n) is 11.4. The van der Waals surface area contributed by atoms with Gasteiger partial charge in [0.2, 0.25) is 0 Å². The summed E-state index contributed by atoms with van der Waals surface area (Å²) in [4.78, 5) is 6.85. The molecule has 1 spiro atoms. The van der Waals surface area contributed by atoms with Crippen LogP contribution in [0, 0.1) is 0 Å². The summed E-state index contributed by atoms with van der Waals surface area (Å²) in [5.74, 6) is -0.306. The third-order valence-electron chi connectivity index (χ3n) is 4.30. The molecule has 104 valence electrons. The zero-order chi connectivity index (χ0) is 13.4. The van der Waals surface area contributed by atoms with Gasteiger partial charge in [0, 0.05) is 43.2 Å². The zero-order valence-corrected chi connectivity index (χ0v) is 11.4. The predicted octanol–water partition coefficient (Wildman–Crippen LogP) is 2.58. The molecule has 0 radical (unpaired) electrons. The summed E-state index contributed by atoms with van der Waals surface area (Å²) < 4.78 is 11.6. The number of rotatable bonds is 1. The first-order valence-electron chi connectivity index (χ1n) is 7.23. The van der Waals surface area contributed by atoms with Crippen LogP contribution in [0.1, 0.15) is 12.8 Å². The molecular weight excluding hydrogens is 252 g/mol. The van der Waals surface area contributed by atoms with Crippen molar-refractivity contribution in [2.75, 3.05) is 31.2 Å². The highest BCUT2D eigenvalue weighted by molar-refractivity contribution is 5.91. The lowest BCUT2D eigenvalue weighted by atomic mass is 10.0. The number of anilines is 1. The van der Waals surface area contributed by atoms with Crippen molar-refractivity contribution in [1.82, 2.24) is 4.98 Å². The molecule has 4 nitrogen and oxygen atoms in total. The van der Waals surface area contributed by atoms with Crippen molar-refractivity contribution in [2.24, 2.45) is 0 Å². The maximum atomic E-state index is 5.79. The van der Waals surface area contributed by atoms with Gasteiger partial charge in [0.1, 0.15) is 0 Å². The Morgan fingerprint density at radius 2 is 1.80 bits per heavy atom. The van der Waals surface area contributed by atoms with Crippen LogP contribution in [0.2, 0.25) is 0 Å². The standard InChI is InChI=1S/C16H18N2O2/c1-4-14-13(3-2-8-17-14)15(5-1)18-9-6-16(7-10-18)19-11-12-20-16/h1-5,8H,6-7,9-12H2. The van der Waals surface area contributed by atoms with Crippen LogP contribution in [0.3, 0.4) is 0 Å². The normalized spacial score (nSPS) is 21.7. The molecule has 1 aromatic carbocycles. The summed E-state index contributed by atoms with van der Waals surface area (Å²) in [5, 5.41) is 1.22. The lowest BCUT2D eigenvalue weighted by molar-refractivity contribution is -0.169. The van der Waals surface area contributed by atoms with E-state index in [1.54, 1.807) is 0 Å². The molecule has 0 amide bonds. The Balaban J connectivity index is 1.61. The van der Waals surface area contributed by atoms with Gasteiger partial charge in [0.25, 0.3) is 0 Å². The van der Waals surface area contributed by atoms with Gasteiger partial charge in [0.15, 0.2) is 5.79 Å². The summed E-state index contributed by atoms with van der Waals surface area (Å²) in [6.45, 7) is 3.40. The minimum atomic E-state index is -0.306. The molecule has 0 saturated carbocycles. The number of piperidine rings is 1. The molecule has 0 aliphatic carbocycles.